The van der Waals surface area contributed by atoms with Gasteiger partial charge >= 0.3 is 139 Å². The van der Waals surface area contributed by atoms with Crippen LogP contribution in [0, 0.1) is 0 Å². The van der Waals surface area contributed by atoms with E-state index in [1.165, 1.54) is 64.2 Å². The van der Waals surface area contributed by atoms with Crippen molar-refractivity contribution in [1.29, 1.82) is 0 Å². The van der Waals surface area contributed by atoms with Crippen molar-refractivity contribution >= 4 is 33.5 Å². The van der Waals surface area contributed by atoms with Crippen LogP contribution in [0.15, 0.2) is 30.3 Å². The number of hydrogen-bond donors (Lipinski definition) is 0. The Balaban J connectivity index is 2.04. The SMILES string of the molecule is BP(Br)(c1ccccc1)(C1CCCCC1)C1CCCCC1. The van der Waals surface area contributed by atoms with Gasteiger partial charge < -0.3 is 0 Å². The molecule has 116 valence electrons. The van der Waals surface area contributed by atoms with Crippen LogP contribution in [0.25, 0.3) is 0 Å². The zero-order valence-corrected chi connectivity index (χ0v) is 15.9. The summed E-state index contributed by atoms with van der Waals surface area (Å²) >= 11 is 4.55. The molecule has 2 aliphatic rings. The van der Waals surface area contributed by atoms with Crippen molar-refractivity contribution in [2.24, 2.45) is 0 Å². The summed E-state index contributed by atoms with van der Waals surface area (Å²) < 4.78 is 0. The summed E-state index contributed by atoms with van der Waals surface area (Å²) in [5.74, 6) is 0. The molecule has 0 heterocycles. The van der Waals surface area contributed by atoms with Crippen LogP contribution >= 0.6 is 20.7 Å². The first kappa shape index (κ1) is 16.1. The third-order valence-electron chi connectivity index (χ3n) is 6.35. The molecule has 0 saturated heterocycles. The molecule has 2 aliphatic carbocycles. The minimum atomic E-state index is -2.01. The fraction of sp³-hybridized carbons (Fsp3) is 0.667. The van der Waals surface area contributed by atoms with Gasteiger partial charge in [-0.05, 0) is 0 Å². The van der Waals surface area contributed by atoms with Gasteiger partial charge in [0.2, 0.25) is 0 Å². The van der Waals surface area contributed by atoms with Crippen molar-refractivity contribution in [1.82, 2.24) is 0 Å². The Morgan fingerprint density at radius 2 is 1.19 bits per heavy atom. The fourth-order valence-electron chi connectivity index (χ4n) is 4.96. The van der Waals surface area contributed by atoms with Crippen LogP contribution in [-0.4, -0.2) is 18.9 Å². The van der Waals surface area contributed by atoms with Crippen molar-refractivity contribution in [3.63, 3.8) is 0 Å². The van der Waals surface area contributed by atoms with Gasteiger partial charge in [-0.25, -0.2) is 0 Å². The summed E-state index contributed by atoms with van der Waals surface area (Å²) in [6.07, 6.45) is 14.5. The molecule has 0 nitrogen and oxygen atoms in total. The van der Waals surface area contributed by atoms with Gasteiger partial charge in [-0.15, -0.1) is 0 Å². The molecule has 0 unspecified atom stereocenters. The van der Waals surface area contributed by atoms with Gasteiger partial charge in [0.05, 0.1) is 0 Å². The Bertz CT molecular complexity index is 439. The molecule has 0 spiro atoms. The number of hydrogen-bond acceptors (Lipinski definition) is 0. The quantitative estimate of drug-likeness (QED) is 0.497. The van der Waals surface area contributed by atoms with E-state index in [1.807, 2.05) is 0 Å². The van der Waals surface area contributed by atoms with Crippen molar-refractivity contribution in [2.75, 3.05) is 0 Å². The van der Waals surface area contributed by atoms with Gasteiger partial charge in [0, 0.05) is 0 Å². The average Bonchev–Trinajstić information content (AvgIpc) is 2.57. The molecule has 3 rings (SSSR count). The summed E-state index contributed by atoms with van der Waals surface area (Å²) in [5, 5.41) is -0.353. The molecule has 0 atom stereocenters. The van der Waals surface area contributed by atoms with Gasteiger partial charge in [0.15, 0.2) is 0 Å². The second-order valence-electron chi connectivity index (χ2n) is 7.52. The molecule has 0 amide bonds. The molecule has 2 saturated carbocycles. The molecule has 1 aromatic rings. The Labute approximate surface area is 139 Å². The van der Waals surface area contributed by atoms with E-state index in [9.17, 15) is 0 Å². The van der Waals surface area contributed by atoms with E-state index in [0.29, 0.717) is 0 Å². The second kappa shape index (κ2) is 6.36. The molecular weight excluding hydrogens is 338 g/mol. The summed E-state index contributed by atoms with van der Waals surface area (Å²) in [4.78, 5) is 0. The van der Waals surface area contributed by atoms with Crippen LogP contribution in [0.3, 0.4) is 0 Å². The molecule has 3 heteroatoms. The molecular formula is C18H29BBrP. The monoisotopic (exact) mass is 366 g/mol. The normalized spacial score (nSPS) is 24.3. The predicted molar refractivity (Wildman–Crippen MR) is 104 cm³/mol. The molecule has 2 fully saturated rings. The van der Waals surface area contributed by atoms with E-state index in [1.54, 1.807) is 5.30 Å². The molecule has 0 bridgehead atoms. The van der Waals surface area contributed by atoms with E-state index in [0.717, 1.165) is 11.3 Å². The second-order valence-corrected chi connectivity index (χ2v) is 18.3. The zero-order valence-electron chi connectivity index (χ0n) is 13.4. The maximum atomic E-state index is 4.55. The number of benzene rings is 1. The first-order valence-corrected chi connectivity index (χ1v) is 13.7. The molecule has 0 radical (unpaired) electrons. The molecule has 21 heavy (non-hydrogen) atoms. The Kier molecular flexibility index (Phi) is 4.87. The molecule has 0 aliphatic heterocycles. The van der Waals surface area contributed by atoms with Gasteiger partial charge in [0.25, 0.3) is 0 Å². The standard InChI is InChI=1S/C18H29BBrP/c19-21(20,16-10-4-1-5-11-16,17-12-6-2-7-13-17)18-14-8-3-9-15-18/h1,4-5,10-11,17-18H,2-3,6-9,12-15,19H2. The summed E-state index contributed by atoms with van der Waals surface area (Å²) in [7, 11) is 2.67. The third kappa shape index (κ3) is 2.88. The van der Waals surface area contributed by atoms with Crippen LogP contribution < -0.4 is 5.30 Å². The summed E-state index contributed by atoms with van der Waals surface area (Å²) in [6, 6.07) is 11.5. The van der Waals surface area contributed by atoms with E-state index >= 15 is 0 Å². The Hall–Kier alpha value is 0.195. The van der Waals surface area contributed by atoms with Crippen LogP contribution in [0.1, 0.15) is 64.2 Å². The van der Waals surface area contributed by atoms with Crippen LogP contribution in [-0.2, 0) is 0 Å². The van der Waals surface area contributed by atoms with Gasteiger partial charge in [0.1, 0.15) is 0 Å². The van der Waals surface area contributed by atoms with Gasteiger partial charge in [-0.1, -0.05) is 0 Å². The van der Waals surface area contributed by atoms with E-state index in [-0.39, 0.29) is 0 Å². The van der Waals surface area contributed by atoms with Crippen molar-refractivity contribution in [3.05, 3.63) is 30.3 Å². The third-order valence-corrected chi connectivity index (χ3v) is 17.3. The first-order valence-electron chi connectivity index (χ1n) is 8.90. The van der Waals surface area contributed by atoms with Crippen LogP contribution in [0.4, 0.5) is 0 Å². The summed E-state index contributed by atoms with van der Waals surface area (Å²) in [6.45, 7) is 0. The van der Waals surface area contributed by atoms with E-state index in [4.69, 9.17) is 0 Å². The van der Waals surface area contributed by atoms with Crippen molar-refractivity contribution in [3.8, 4) is 0 Å². The minimum absolute atomic E-state index is 0.912. The van der Waals surface area contributed by atoms with Crippen molar-refractivity contribution < 1.29 is 0 Å². The first-order chi connectivity index (χ1) is 10.1. The van der Waals surface area contributed by atoms with E-state index in [2.05, 4.69) is 53.4 Å². The van der Waals surface area contributed by atoms with Gasteiger partial charge in [-0.2, -0.15) is 0 Å². The molecule has 0 N–H and O–H groups in total. The summed E-state index contributed by atoms with van der Waals surface area (Å²) in [5.41, 5.74) is 1.82. The topological polar surface area (TPSA) is 0 Å². The zero-order chi connectivity index (χ0) is 14.8. The van der Waals surface area contributed by atoms with Gasteiger partial charge in [-0.3, -0.25) is 0 Å². The molecule has 1 aromatic carbocycles. The van der Waals surface area contributed by atoms with E-state index < -0.39 is 5.18 Å². The Morgan fingerprint density at radius 1 is 0.762 bits per heavy atom. The van der Waals surface area contributed by atoms with Crippen LogP contribution in [0.2, 0.25) is 0 Å². The average molecular weight is 367 g/mol. The fourth-order valence-corrected chi connectivity index (χ4v) is 13.8. The number of halogens is 1. The maximum absolute atomic E-state index is 4.55. The molecule has 0 aromatic heterocycles. The predicted octanol–water partition coefficient (Wildman–Crippen LogP) is 5.39. The Morgan fingerprint density at radius 3 is 1.62 bits per heavy atom. The van der Waals surface area contributed by atoms with Crippen LogP contribution in [0.5, 0.6) is 0 Å². The van der Waals surface area contributed by atoms with Crippen molar-refractivity contribution in [2.45, 2.75) is 75.5 Å². The number of rotatable bonds is 3.